The molecule has 0 radical (unpaired) electrons. The number of carboxylic acids is 1. The molecule has 1 aromatic heterocycles. The average Bonchev–Trinajstić information content (AvgIpc) is 3.68. The number of ether oxygens (including phenoxy) is 3. The third-order valence-electron chi connectivity index (χ3n) is 8.57. The molecule has 1 aliphatic carbocycles. The van der Waals surface area contributed by atoms with E-state index in [1.165, 1.54) is 6.20 Å². The molecule has 51 heavy (non-hydrogen) atoms. The molecule has 14 nitrogen and oxygen atoms in total. The molecule has 268 valence electrons. The van der Waals surface area contributed by atoms with Gasteiger partial charge in [-0.15, -0.1) is 0 Å². The number of amides is 2. The van der Waals surface area contributed by atoms with Gasteiger partial charge in [-0.2, -0.15) is 0 Å². The maximum Gasteiger partial charge on any atom is 0.407 e. The number of hydrogen-bond acceptors (Lipinski definition) is 9. The van der Waals surface area contributed by atoms with Crippen LogP contribution in [-0.4, -0.2) is 70.5 Å². The number of carbonyl (C=O) groups is 4. The van der Waals surface area contributed by atoms with E-state index >= 15 is 0 Å². The Kier molecular flexibility index (Phi) is 11.9. The largest absolute Gasteiger partial charge is 0.481 e. The molecule has 2 heterocycles. The monoisotopic (exact) mass is 701 g/mol. The SMILES string of the molecule is [2H]CC1OC(n2cc(C#CCNC(=O)CCCCCNC(=O)OCC3c4ccccc4-c4ccccc43)c(=O)[nH]c2=O)CC1OC(=O)CCC(=O)O. The molecule has 4 N–H and O–H groups in total. The molecule has 3 unspecified atom stereocenters. The summed E-state index contributed by atoms with van der Waals surface area (Å²) in [5, 5.41) is 14.2. The molecule has 3 atom stereocenters. The maximum atomic E-state index is 12.5. The van der Waals surface area contributed by atoms with Crippen LogP contribution in [-0.2, 0) is 28.6 Å². The highest BCUT2D eigenvalue weighted by Crippen LogP contribution is 2.44. The minimum atomic E-state index is -1.16. The first-order chi connectivity index (χ1) is 25.1. The van der Waals surface area contributed by atoms with E-state index in [4.69, 9.17) is 20.7 Å². The van der Waals surface area contributed by atoms with E-state index in [1.54, 1.807) is 0 Å². The summed E-state index contributed by atoms with van der Waals surface area (Å²) in [6.07, 6.45) is -0.549. The van der Waals surface area contributed by atoms with E-state index in [2.05, 4.69) is 51.7 Å². The summed E-state index contributed by atoms with van der Waals surface area (Å²) in [4.78, 5) is 74.4. The zero-order valence-electron chi connectivity index (χ0n) is 28.9. The van der Waals surface area contributed by atoms with Crippen LogP contribution >= 0.6 is 0 Å². The van der Waals surface area contributed by atoms with Crippen molar-refractivity contribution in [3.05, 3.63) is 92.3 Å². The smallest absolute Gasteiger partial charge is 0.407 e. The van der Waals surface area contributed by atoms with Crippen LogP contribution in [0.2, 0.25) is 0 Å². The van der Waals surface area contributed by atoms with Crippen LogP contribution in [0.3, 0.4) is 0 Å². The van der Waals surface area contributed by atoms with Crippen molar-refractivity contribution in [3.63, 3.8) is 0 Å². The molecule has 5 rings (SSSR count). The Bertz CT molecular complexity index is 1920. The number of carbonyl (C=O) groups excluding carboxylic acids is 3. The number of H-pyrrole nitrogens is 1. The molecular formula is C37H40N4O10. The number of aromatic amines is 1. The normalized spacial score (nSPS) is 17.6. The Morgan fingerprint density at radius 1 is 1.00 bits per heavy atom. The standard InChI is InChI=1S/C37H40N4O10/c1-23-30(51-34(45)17-16-33(43)44)20-32(50-23)41-21-24(35(46)40-36(41)47)10-9-19-38-31(42)15-3-2-8-18-39-37(48)49-22-29-27-13-6-4-11-25(27)26-12-5-7-14-28(26)29/h4-7,11-14,21,23,29-30,32H,2-3,8,15-20,22H2,1H3,(H,38,42)(H,39,48)(H,43,44)(H,40,46,47)/i1D. The van der Waals surface area contributed by atoms with Gasteiger partial charge in [0.1, 0.15) is 24.5 Å². The first-order valence-electron chi connectivity index (χ1n) is 17.4. The second kappa shape index (κ2) is 17.3. The molecule has 14 heteroatoms. The number of aromatic nitrogens is 2. The topological polar surface area (TPSA) is 195 Å². The molecular weight excluding hydrogens is 660 g/mol. The summed E-state index contributed by atoms with van der Waals surface area (Å²) in [6.45, 7) is 0.321. The Balaban J connectivity index is 0.992. The summed E-state index contributed by atoms with van der Waals surface area (Å²) < 4.78 is 25.3. The van der Waals surface area contributed by atoms with Crippen molar-refractivity contribution in [2.45, 2.75) is 76.2 Å². The van der Waals surface area contributed by atoms with Gasteiger partial charge in [0.2, 0.25) is 5.91 Å². The molecule has 1 saturated heterocycles. The van der Waals surface area contributed by atoms with Crippen LogP contribution in [0, 0.1) is 11.8 Å². The highest BCUT2D eigenvalue weighted by Gasteiger charge is 2.37. The van der Waals surface area contributed by atoms with Gasteiger partial charge in [0, 0.05) is 32.9 Å². The van der Waals surface area contributed by atoms with Crippen molar-refractivity contribution in [1.29, 1.82) is 0 Å². The summed E-state index contributed by atoms with van der Waals surface area (Å²) >= 11 is 0. The number of unbranched alkanes of at least 4 members (excludes halogenated alkanes) is 2. The predicted octanol–water partition coefficient (Wildman–Crippen LogP) is 3.19. The van der Waals surface area contributed by atoms with E-state index in [9.17, 15) is 28.8 Å². The van der Waals surface area contributed by atoms with Crippen molar-refractivity contribution < 1.29 is 39.9 Å². The summed E-state index contributed by atoms with van der Waals surface area (Å²) in [7, 11) is 0. The van der Waals surface area contributed by atoms with Crippen molar-refractivity contribution in [3.8, 4) is 23.0 Å². The fraction of sp³-hybridized carbons (Fsp3) is 0.405. The minimum Gasteiger partial charge on any atom is -0.481 e. The third kappa shape index (κ3) is 9.73. The van der Waals surface area contributed by atoms with Crippen LogP contribution in [0.1, 0.15) is 82.1 Å². The Morgan fingerprint density at radius 3 is 2.43 bits per heavy atom. The number of fused-ring (bicyclic) bond motifs is 3. The van der Waals surface area contributed by atoms with Crippen LogP contribution in [0.15, 0.2) is 64.3 Å². The second-order valence-electron chi connectivity index (χ2n) is 12.1. The van der Waals surface area contributed by atoms with Crippen LogP contribution in [0.5, 0.6) is 0 Å². The molecule has 1 fully saturated rings. The lowest BCUT2D eigenvalue weighted by atomic mass is 9.98. The van der Waals surface area contributed by atoms with Crippen LogP contribution in [0.4, 0.5) is 4.79 Å². The molecule has 0 bridgehead atoms. The van der Waals surface area contributed by atoms with Crippen LogP contribution < -0.4 is 21.9 Å². The number of aliphatic carboxylic acids is 1. The van der Waals surface area contributed by atoms with Crippen molar-refractivity contribution in [2.75, 3.05) is 19.7 Å². The molecule has 2 amide bonds. The predicted molar refractivity (Wildman–Crippen MR) is 184 cm³/mol. The van der Waals surface area contributed by atoms with E-state index < -0.39 is 54.1 Å². The number of alkyl carbamates (subject to hydrolysis) is 1. The highest BCUT2D eigenvalue weighted by atomic mass is 16.6. The Morgan fingerprint density at radius 2 is 1.73 bits per heavy atom. The Labute approximate surface area is 294 Å². The summed E-state index contributed by atoms with van der Waals surface area (Å²) in [6, 6.07) is 16.3. The quantitative estimate of drug-likeness (QED) is 0.110. The van der Waals surface area contributed by atoms with E-state index in [-0.39, 0.29) is 56.7 Å². The molecule has 2 aliphatic rings. The van der Waals surface area contributed by atoms with Crippen molar-refractivity contribution in [2.24, 2.45) is 0 Å². The van der Waals surface area contributed by atoms with E-state index in [0.717, 1.165) is 26.8 Å². The minimum absolute atomic E-state index is 0.00268. The maximum absolute atomic E-state index is 12.5. The number of carboxylic acid groups (broad SMARTS) is 1. The van der Waals surface area contributed by atoms with Gasteiger partial charge in [-0.1, -0.05) is 66.8 Å². The number of nitrogens with one attached hydrogen (secondary N) is 3. The van der Waals surface area contributed by atoms with Gasteiger partial charge >= 0.3 is 23.7 Å². The van der Waals surface area contributed by atoms with Gasteiger partial charge in [0.05, 0.1) is 25.5 Å². The second-order valence-corrected chi connectivity index (χ2v) is 12.1. The lowest BCUT2D eigenvalue weighted by Crippen LogP contribution is -2.33. The first-order valence-corrected chi connectivity index (χ1v) is 16.7. The number of rotatable bonds is 14. The zero-order chi connectivity index (χ0) is 37.0. The first kappa shape index (κ1) is 35.2. The average molecular weight is 702 g/mol. The number of benzene rings is 2. The third-order valence-corrected chi connectivity index (χ3v) is 8.57. The fourth-order valence-electron chi connectivity index (χ4n) is 6.02. The molecule has 1 aliphatic heterocycles. The van der Waals surface area contributed by atoms with Gasteiger partial charge < -0.3 is 30.0 Å². The van der Waals surface area contributed by atoms with Crippen molar-refractivity contribution in [1.82, 2.24) is 20.2 Å². The van der Waals surface area contributed by atoms with Gasteiger partial charge in [-0.05, 0) is 42.0 Å². The van der Waals surface area contributed by atoms with E-state index in [0.29, 0.717) is 25.8 Å². The molecule has 2 aromatic carbocycles. The van der Waals surface area contributed by atoms with Gasteiger partial charge in [0.15, 0.2) is 0 Å². The highest BCUT2D eigenvalue weighted by molar-refractivity contribution is 5.79. The molecule has 3 aromatic rings. The molecule has 0 saturated carbocycles. The van der Waals surface area contributed by atoms with Gasteiger partial charge in [0.25, 0.3) is 5.56 Å². The zero-order valence-corrected chi connectivity index (χ0v) is 27.9. The van der Waals surface area contributed by atoms with Gasteiger partial charge in [-0.25, -0.2) is 9.59 Å². The van der Waals surface area contributed by atoms with Crippen molar-refractivity contribution >= 4 is 23.9 Å². The number of hydrogen-bond donors (Lipinski definition) is 4. The lowest BCUT2D eigenvalue weighted by molar-refractivity contribution is -0.154. The number of esters is 1. The fourth-order valence-corrected chi connectivity index (χ4v) is 6.02. The summed E-state index contributed by atoms with van der Waals surface area (Å²) in [5.74, 6) is 3.15. The van der Waals surface area contributed by atoms with Gasteiger partial charge in [-0.3, -0.25) is 28.7 Å². The Hall–Kier alpha value is -5.68. The summed E-state index contributed by atoms with van der Waals surface area (Å²) in [5.41, 5.74) is 3.02. The van der Waals surface area contributed by atoms with E-state index in [1.807, 2.05) is 24.3 Å². The lowest BCUT2D eigenvalue weighted by Gasteiger charge is -2.14. The number of nitrogens with zero attached hydrogens (tertiary/aromatic N) is 1. The molecule has 0 spiro atoms. The van der Waals surface area contributed by atoms with Crippen LogP contribution in [0.25, 0.3) is 11.1 Å².